The van der Waals surface area contributed by atoms with E-state index >= 15 is 0 Å². The summed E-state index contributed by atoms with van der Waals surface area (Å²) < 4.78 is 44.7. The number of amides is 1. The Morgan fingerprint density at radius 1 is 1.15 bits per heavy atom. The van der Waals surface area contributed by atoms with Gasteiger partial charge in [-0.3, -0.25) is 0 Å². The first-order valence-corrected chi connectivity index (χ1v) is 11.7. The summed E-state index contributed by atoms with van der Waals surface area (Å²) in [5.41, 5.74) is 3.76. The molecule has 34 heavy (non-hydrogen) atoms. The van der Waals surface area contributed by atoms with Crippen molar-refractivity contribution >= 4 is 11.8 Å². The zero-order chi connectivity index (χ0) is 24.7. The summed E-state index contributed by atoms with van der Waals surface area (Å²) in [6.45, 7) is 5.91. The third kappa shape index (κ3) is 6.43. The molecule has 0 bridgehead atoms. The highest BCUT2D eigenvalue weighted by Crippen LogP contribution is 2.32. The van der Waals surface area contributed by atoms with Crippen LogP contribution in [0.2, 0.25) is 0 Å². The maximum Gasteiger partial charge on any atom is 0.416 e. The van der Waals surface area contributed by atoms with E-state index in [4.69, 9.17) is 10.00 Å². The van der Waals surface area contributed by atoms with Gasteiger partial charge in [-0.1, -0.05) is 19.4 Å². The fraction of sp³-hybridized carbons (Fsp3) is 0.462. The number of benzene rings is 2. The number of unbranched alkanes of at least 4 members (excludes halogenated alkanes) is 1. The highest BCUT2D eigenvalue weighted by Gasteiger charge is 2.31. The molecule has 1 aliphatic carbocycles. The quantitative estimate of drug-likeness (QED) is 0.477. The molecule has 0 heterocycles. The topological polar surface area (TPSA) is 65.4 Å². The Bertz CT molecular complexity index is 1060. The van der Waals surface area contributed by atoms with Crippen LogP contribution in [0.15, 0.2) is 30.3 Å². The number of anilines is 1. The van der Waals surface area contributed by atoms with Crippen LogP contribution < -0.4 is 10.2 Å². The van der Waals surface area contributed by atoms with E-state index in [-0.39, 0.29) is 24.3 Å². The lowest BCUT2D eigenvalue weighted by Gasteiger charge is -2.26. The molecule has 5 nitrogen and oxygen atoms in total. The molecular weight excluding hydrogens is 443 g/mol. The number of halogens is 3. The van der Waals surface area contributed by atoms with Crippen LogP contribution in [-0.2, 0) is 36.9 Å². The van der Waals surface area contributed by atoms with E-state index in [0.717, 1.165) is 68.6 Å². The number of nitriles is 1. The van der Waals surface area contributed by atoms with Crippen LogP contribution >= 0.6 is 0 Å². The molecule has 0 saturated carbocycles. The van der Waals surface area contributed by atoms with Gasteiger partial charge in [0.15, 0.2) is 0 Å². The number of nitrogens with zero attached hydrogens (tertiary/aromatic N) is 2. The molecular formula is C26H30F3N3O2. The van der Waals surface area contributed by atoms with Gasteiger partial charge in [-0.05, 0) is 73.6 Å². The summed E-state index contributed by atoms with van der Waals surface area (Å²) in [5, 5.41) is 11.5. The molecule has 1 N–H and O–H groups in total. The molecule has 0 atom stereocenters. The van der Waals surface area contributed by atoms with Gasteiger partial charge in [0.1, 0.15) is 6.61 Å². The van der Waals surface area contributed by atoms with Crippen molar-refractivity contribution in [3.8, 4) is 6.07 Å². The second kappa shape index (κ2) is 11.3. The molecule has 1 aliphatic rings. The SMILES string of the molecule is CCCCN(CC)c1cc2c(cc1COC(=O)NCc1cc(C#N)cc(C(F)(F)F)c1)CCC2. The number of rotatable bonds is 9. The number of ether oxygens (including phenoxy) is 1. The molecule has 0 saturated heterocycles. The van der Waals surface area contributed by atoms with Gasteiger partial charge in [0.05, 0.1) is 17.2 Å². The van der Waals surface area contributed by atoms with Crippen molar-refractivity contribution in [3.05, 3.63) is 63.7 Å². The van der Waals surface area contributed by atoms with Crippen molar-refractivity contribution in [1.29, 1.82) is 5.26 Å². The molecule has 0 aromatic heterocycles. The van der Waals surface area contributed by atoms with Crippen LogP contribution in [-0.4, -0.2) is 19.2 Å². The number of hydrogen-bond donors (Lipinski definition) is 1. The second-order valence-corrected chi connectivity index (χ2v) is 8.49. The first-order valence-electron chi connectivity index (χ1n) is 11.7. The van der Waals surface area contributed by atoms with Crippen molar-refractivity contribution < 1.29 is 22.7 Å². The van der Waals surface area contributed by atoms with Gasteiger partial charge in [-0.25, -0.2) is 4.79 Å². The van der Waals surface area contributed by atoms with E-state index in [1.165, 1.54) is 17.2 Å². The molecule has 182 valence electrons. The maximum absolute atomic E-state index is 13.1. The number of carbonyl (C=O) groups is 1. The minimum atomic E-state index is -4.57. The third-order valence-electron chi connectivity index (χ3n) is 6.04. The van der Waals surface area contributed by atoms with Crippen molar-refractivity contribution in [2.75, 3.05) is 18.0 Å². The zero-order valence-corrected chi connectivity index (χ0v) is 19.6. The molecule has 2 aromatic carbocycles. The lowest BCUT2D eigenvalue weighted by molar-refractivity contribution is -0.137. The largest absolute Gasteiger partial charge is 0.445 e. The highest BCUT2D eigenvalue weighted by molar-refractivity contribution is 5.68. The molecule has 0 radical (unpaired) electrons. The van der Waals surface area contributed by atoms with Crippen LogP contribution in [0.1, 0.15) is 66.5 Å². The lowest BCUT2D eigenvalue weighted by Crippen LogP contribution is -2.27. The molecule has 1 amide bonds. The molecule has 0 spiro atoms. The van der Waals surface area contributed by atoms with E-state index in [2.05, 4.69) is 36.2 Å². The van der Waals surface area contributed by atoms with E-state index in [1.54, 1.807) is 6.07 Å². The Kier molecular flexibility index (Phi) is 8.43. The normalized spacial score (nSPS) is 12.7. The Hall–Kier alpha value is -3.21. The monoisotopic (exact) mass is 473 g/mol. The van der Waals surface area contributed by atoms with Gasteiger partial charge >= 0.3 is 12.3 Å². The molecule has 8 heteroatoms. The average Bonchev–Trinajstić information content (AvgIpc) is 3.28. The van der Waals surface area contributed by atoms with Crippen LogP contribution in [0.4, 0.5) is 23.7 Å². The summed E-state index contributed by atoms with van der Waals surface area (Å²) in [5.74, 6) is 0. The fourth-order valence-corrected chi connectivity index (χ4v) is 4.26. The second-order valence-electron chi connectivity index (χ2n) is 8.49. The Labute approximate surface area is 198 Å². The summed E-state index contributed by atoms with van der Waals surface area (Å²) in [7, 11) is 0. The number of hydrogen-bond acceptors (Lipinski definition) is 4. The Balaban J connectivity index is 1.69. The fourth-order valence-electron chi connectivity index (χ4n) is 4.26. The van der Waals surface area contributed by atoms with Crippen molar-refractivity contribution in [2.45, 2.75) is 65.3 Å². The highest BCUT2D eigenvalue weighted by atomic mass is 19.4. The number of aryl methyl sites for hydroxylation is 2. The van der Waals surface area contributed by atoms with Gasteiger partial charge in [0, 0.05) is 30.9 Å². The standard InChI is InChI=1S/C26H30F3N3O2/c1-3-5-9-32(4-2)24-14-21-8-6-7-20(21)13-22(24)17-34-25(33)31-16-19-10-18(15-30)11-23(12-19)26(27,28)29/h10-14H,3-9,16-17H2,1-2H3,(H,31,33). The number of fused-ring (bicyclic) bond motifs is 1. The average molecular weight is 474 g/mol. The molecule has 2 aromatic rings. The van der Waals surface area contributed by atoms with Crippen LogP contribution in [0, 0.1) is 11.3 Å². The minimum absolute atomic E-state index is 0.0725. The maximum atomic E-state index is 13.1. The van der Waals surface area contributed by atoms with Crippen LogP contribution in [0.3, 0.4) is 0 Å². The van der Waals surface area contributed by atoms with Gasteiger partial charge in [-0.2, -0.15) is 18.4 Å². The number of alkyl carbamates (subject to hydrolysis) is 1. The first-order chi connectivity index (χ1) is 16.2. The summed E-state index contributed by atoms with van der Waals surface area (Å²) in [6, 6.07) is 9.08. The molecule has 0 aliphatic heterocycles. The Morgan fingerprint density at radius 2 is 1.88 bits per heavy atom. The van der Waals surface area contributed by atoms with Gasteiger partial charge < -0.3 is 15.0 Å². The van der Waals surface area contributed by atoms with Crippen LogP contribution in [0.25, 0.3) is 0 Å². The van der Waals surface area contributed by atoms with Crippen LogP contribution in [0.5, 0.6) is 0 Å². The van der Waals surface area contributed by atoms with E-state index in [9.17, 15) is 18.0 Å². The minimum Gasteiger partial charge on any atom is -0.445 e. The number of alkyl halides is 3. The Morgan fingerprint density at radius 3 is 2.53 bits per heavy atom. The number of carbonyl (C=O) groups excluding carboxylic acids is 1. The van der Waals surface area contributed by atoms with Crippen molar-refractivity contribution in [2.24, 2.45) is 0 Å². The predicted molar refractivity (Wildman–Crippen MR) is 124 cm³/mol. The van der Waals surface area contributed by atoms with Crippen molar-refractivity contribution in [1.82, 2.24) is 5.32 Å². The summed E-state index contributed by atoms with van der Waals surface area (Å²) in [6.07, 6.45) is 0.0200. The smallest absolute Gasteiger partial charge is 0.416 e. The van der Waals surface area contributed by atoms with Crippen molar-refractivity contribution in [3.63, 3.8) is 0 Å². The summed E-state index contributed by atoms with van der Waals surface area (Å²) >= 11 is 0. The number of nitrogens with one attached hydrogen (secondary N) is 1. The lowest BCUT2D eigenvalue weighted by atomic mass is 10.0. The third-order valence-corrected chi connectivity index (χ3v) is 6.04. The van der Waals surface area contributed by atoms with Gasteiger partial charge in [-0.15, -0.1) is 0 Å². The summed E-state index contributed by atoms with van der Waals surface area (Å²) in [4.78, 5) is 14.6. The van der Waals surface area contributed by atoms with E-state index in [0.29, 0.717) is 0 Å². The zero-order valence-electron chi connectivity index (χ0n) is 19.6. The van der Waals surface area contributed by atoms with Gasteiger partial charge in [0.2, 0.25) is 0 Å². The molecule has 0 fully saturated rings. The molecule has 3 rings (SSSR count). The first kappa shape index (κ1) is 25.4. The van der Waals surface area contributed by atoms with Gasteiger partial charge in [0.25, 0.3) is 0 Å². The van der Waals surface area contributed by atoms with E-state index < -0.39 is 17.8 Å². The predicted octanol–water partition coefficient (Wildman–Crippen LogP) is 6.12. The molecule has 0 unspecified atom stereocenters. The van der Waals surface area contributed by atoms with E-state index in [1.807, 2.05) is 0 Å².